The smallest absolute Gasteiger partial charge is 0.181 e. The quantitative estimate of drug-likeness (QED) is 0.673. The number of hydrogen-bond acceptors (Lipinski definition) is 5. The molecule has 0 aliphatic carbocycles. The highest BCUT2D eigenvalue weighted by Gasteiger charge is 2.14. The van der Waals surface area contributed by atoms with Gasteiger partial charge in [-0.2, -0.15) is 0 Å². The fraction of sp³-hybridized carbons (Fsp3) is 0.0714. The molecule has 0 fully saturated rings. The van der Waals surface area contributed by atoms with Gasteiger partial charge in [-0.25, -0.2) is 15.0 Å². The van der Waals surface area contributed by atoms with Crippen LogP contribution in [0.4, 0.5) is 5.82 Å². The van der Waals surface area contributed by atoms with Crippen molar-refractivity contribution in [3.63, 3.8) is 0 Å². The van der Waals surface area contributed by atoms with Crippen LogP contribution in [0.3, 0.4) is 0 Å². The van der Waals surface area contributed by atoms with Gasteiger partial charge in [0.25, 0.3) is 0 Å². The Bertz CT molecular complexity index is 755. The van der Waals surface area contributed by atoms with Gasteiger partial charge in [-0.15, -0.1) is 11.3 Å². The molecular weight excluding hydrogens is 383 g/mol. The minimum absolute atomic E-state index is 0.486. The molecule has 0 bridgehead atoms. The summed E-state index contributed by atoms with van der Waals surface area (Å²) in [5.41, 5.74) is 8.66. The van der Waals surface area contributed by atoms with E-state index in [9.17, 15) is 0 Å². The number of rotatable bonds is 2. The number of benzene rings is 1. The standard InChI is InChI=1S/C14H11IN4S/c1-8-17-10(7-20-8)14-18-12(11(15)13(16)19-14)9-5-3-2-4-6-9/h2-7H,1H3,(H2,16,18,19). The lowest BCUT2D eigenvalue weighted by Gasteiger charge is -2.08. The van der Waals surface area contributed by atoms with E-state index in [2.05, 4.69) is 37.5 Å². The summed E-state index contributed by atoms with van der Waals surface area (Å²) in [7, 11) is 0. The molecule has 2 aromatic heterocycles. The molecule has 0 aliphatic rings. The van der Waals surface area contributed by atoms with Crippen LogP contribution in [0.5, 0.6) is 0 Å². The number of nitrogen functional groups attached to an aromatic ring is 1. The van der Waals surface area contributed by atoms with E-state index in [1.165, 1.54) is 0 Å². The van der Waals surface area contributed by atoms with Crippen molar-refractivity contribution in [2.24, 2.45) is 0 Å². The van der Waals surface area contributed by atoms with Gasteiger partial charge in [0.15, 0.2) is 5.82 Å². The molecule has 0 radical (unpaired) electrons. The minimum atomic E-state index is 0.486. The third-order valence-corrected chi connectivity index (χ3v) is 4.61. The van der Waals surface area contributed by atoms with Crippen molar-refractivity contribution in [2.75, 3.05) is 5.73 Å². The van der Waals surface area contributed by atoms with Crippen LogP contribution in [-0.2, 0) is 0 Å². The molecule has 0 aliphatic heterocycles. The van der Waals surface area contributed by atoms with Crippen molar-refractivity contribution in [1.29, 1.82) is 0 Å². The van der Waals surface area contributed by atoms with E-state index < -0.39 is 0 Å². The maximum atomic E-state index is 6.02. The average Bonchev–Trinajstić information content (AvgIpc) is 2.89. The largest absolute Gasteiger partial charge is 0.383 e. The molecule has 4 nitrogen and oxygen atoms in total. The van der Waals surface area contributed by atoms with Gasteiger partial charge in [0.2, 0.25) is 0 Å². The van der Waals surface area contributed by atoms with Gasteiger partial charge in [-0.05, 0) is 29.5 Å². The molecule has 0 spiro atoms. The lowest BCUT2D eigenvalue weighted by atomic mass is 10.1. The summed E-state index contributed by atoms with van der Waals surface area (Å²) in [6.07, 6.45) is 0. The first kappa shape index (κ1) is 13.4. The minimum Gasteiger partial charge on any atom is -0.383 e. The predicted octanol–water partition coefficient (Wildman–Crippen LogP) is 3.76. The molecular formula is C14H11IN4S. The summed E-state index contributed by atoms with van der Waals surface area (Å²) in [5.74, 6) is 1.06. The van der Waals surface area contributed by atoms with E-state index in [1.54, 1.807) is 11.3 Å². The Morgan fingerprint density at radius 2 is 1.85 bits per heavy atom. The Morgan fingerprint density at radius 3 is 2.50 bits per heavy atom. The van der Waals surface area contributed by atoms with Gasteiger partial charge >= 0.3 is 0 Å². The lowest BCUT2D eigenvalue weighted by molar-refractivity contribution is 1.14. The first-order chi connectivity index (χ1) is 9.65. The Morgan fingerprint density at radius 1 is 1.10 bits per heavy atom. The second kappa shape index (κ2) is 5.45. The van der Waals surface area contributed by atoms with E-state index in [0.29, 0.717) is 11.6 Å². The van der Waals surface area contributed by atoms with Crippen LogP contribution in [0.25, 0.3) is 22.8 Å². The van der Waals surface area contributed by atoms with Crippen molar-refractivity contribution in [3.05, 3.63) is 44.3 Å². The SMILES string of the molecule is Cc1nc(-c2nc(N)c(I)c(-c3ccccc3)n2)cs1. The van der Waals surface area contributed by atoms with Crippen molar-refractivity contribution >= 4 is 39.7 Å². The van der Waals surface area contributed by atoms with Crippen LogP contribution in [0.1, 0.15) is 5.01 Å². The van der Waals surface area contributed by atoms with Crippen LogP contribution < -0.4 is 5.73 Å². The van der Waals surface area contributed by atoms with E-state index in [-0.39, 0.29) is 0 Å². The summed E-state index contributed by atoms with van der Waals surface area (Å²) < 4.78 is 0.865. The van der Waals surface area contributed by atoms with Crippen molar-refractivity contribution in [2.45, 2.75) is 6.92 Å². The molecule has 1 aromatic carbocycles. The third-order valence-electron chi connectivity index (χ3n) is 2.77. The van der Waals surface area contributed by atoms with Crippen LogP contribution in [0.15, 0.2) is 35.7 Å². The van der Waals surface area contributed by atoms with Gasteiger partial charge in [0.05, 0.1) is 14.3 Å². The van der Waals surface area contributed by atoms with Gasteiger partial charge in [-0.3, -0.25) is 0 Å². The second-order valence-electron chi connectivity index (χ2n) is 4.21. The maximum absolute atomic E-state index is 6.02. The zero-order valence-corrected chi connectivity index (χ0v) is 13.6. The van der Waals surface area contributed by atoms with Crippen LogP contribution in [0.2, 0.25) is 0 Å². The fourth-order valence-corrected chi connectivity index (χ4v) is 2.98. The summed E-state index contributed by atoms with van der Waals surface area (Å²) in [6.45, 7) is 1.96. The predicted molar refractivity (Wildman–Crippen MR) is 90.4 cm³/mol. The number of nitrogens with zero attached hydrogens (tertiary/aromatic N) is 3. The van der Waals surface area contributed by atoms with Crippen LogP contribution >= 0.6 is 33.9 Å². The number of aromatic nitrogens is 3. The summed E-state index contributed by atoms with van der Waals surface area (Å²) in [5, 5.41) is 2.94. The normalized spacial score (nSPS) is 10.7. The first-order valence-corrected chi connectivity index (χ1v) is 7.92. The molecule has 3 aromatic rings. The monoisotopic (exact) mass is 394 g/mol. The van der Waals surface area contributed by atoms with Crippen molar-refractivity contribution in [1.82, 2.24) is 15.0 Å². The first-order valence-electron chi connectivity index (χ1n) is 5.96. The molecule has 0 saturated heterocycles. The molecule has 0 amide bonds. The van der Waals surface area contributed by atoms with Gasteiger partial charge in [0, 0.05) is 10.9 Å². The van der Waals surface area contributed by atoms with Crippen LogP contribution in [-0.4, -0.2) is 15.0 Å². The lowest BCUT2D eigenvalue weighted by Crippen LogP contribution is -2.02. The topological polar surface area (TPSA) is 64.7 Å². The van der Waals surface area contributed by atoms with Crippen molar-refractivity contribution < 1.29 is 0 Å². The number of halogens is 1. The number of hydrogen-bond donors (Lipinski definition) is 1. The zero-order chi connectivity index (χ0) is 14.1. The molecule has 0 unspecified atom stereocenters. The van der Waals surface area contributed by atoms with E-state index >= 15 is 0 Å². The summed E-state index contributed by atoms with van der Waals surface area (Å²) in [4.78, 5) is 13.4. The summed E-state index contributed by atoms with van der Waals surface area (Å²) in [6, 6.07) is 9.97. The molecule has 0 saturated carbocycles. The number of thiazole rings is 1. The maximum Gasteiger partial charge on any atom is 0.181 e. The molecule has 20 heavy (non-hydrogen) atoms. The number of aryl methyl sites for hydroxylation is 1. The van der Waals surface area contributed by atoms with E-state index in [4.69, 9.17) is 5.73 Å². The van der Waals surface area contributed by atoms with Gasteiger partial charge in [0.1, 0.15) is 11.5 Å². The highest BCUT2D eigenvalue weighted by atomic mass is 127. The third kappa shape index (κ3) is 2.53. The number of anilines is 1. The fourth-order valence-electron chi connectivity index (χ4n) is 1.83. The molecule has 0 atom stereocenters. The van der Waals surface area contributed by atoms with E-state index in [0.717, 1.165) is 25.5 Å². The second-order valence-corrected chi connectivity index (χ2v) is 6.35. The van der Waals surface area contributed by atoms with Crippen LogP contribution in [0, 0.1) is 10.5 Å². The number of nitrogens with two attached hydrogens (primary N) is 1. The molecule has 100 valence electrons. The Kier molecular flexibility index (Phi) is 3.66. The van der Waals surface area contributed by atoms with Gasteiger partial charge < -0.3 is 5.73 Å². The molecule has 2 N–H and O–H groups in total. The molecule has 3 rings (SSSR count). The zero-order valence-electron chi connectivity index (χ0n) is 10.7. The highest BCUT2D eigenvalue weighted by molar-refractivity contribution is 14.1. The molecule has 6 heteroatoms. The molecule has 2 heterocycles. The van der Waals surface area contributed by atoms with Gasteiger partial charge in [-0.1, -0.05) is 30.3 Å². The Labute approximate surface area is 134 Å². The Hall–Kier alpha value is -1.54. The summed E-state index contributed by atoms with van der Waals surface area (Å²) >= 11 is 3.76. The average molecular weight is 394 g/mol. The van der Waals surface area contributed by atoms with E-state index in [1.807, 2.05) is 42.6 Å². The highest BCUT2D eigenvalue weighted by Crippen LogP contribution is 2.29. The Balaban J connectivity index is 2.18. The van der Waals surface area contributed by atoms with Crippen molar-refractivity contribution in [3.8, 4) is 22.8 Å².